The van der Waals surface area contributed by atoms with Gasteiger partial charge in [-0.3, -0.25) is 4.79 Å². The number of benzene rings is 1. The van der Waals surface area contributed by atoms with Gasteiger partial charge in [-0.2, -0.15) is 0 Å². The summed E-state index contributed by atoms with van der Waals surface area (Å²) in [6, 6.07) is 10.5. The van der Waals surface area contributed by atoms with E-state index in [0.29, 0.717) is 24.3 Å². The SMILES string of the molecule is COCCc1nnc2n1CCC1(CC2)CCN(C(=O)CCCc2ccccc2)CC1. The topological polar surface area (TPSA) is 60.3 Å². The standard InChI is InChI=1S/C24H34N4O2/c1-30-19-11-22-26-25-21-10-12-24(15-18-28(21)22)13-16-27(17-14-24)23(29)9-5-8-20-6-3-2-4-7-20/h2-4,6-7H,5,8-19H2,1H3. The number of aromatic nitrogens is 3. The van der Waals surface area contributed by atoms with Gasteiger partial charge in [0, 0.05) is 46.0 Å². The molecule has 2 aliphatic rings. The predicted molar refractivity (Wildman–Crippen MR) is 116 cm³/mol. The molecular weight excluding hydrogens is 376 g/mol. The van der Waals surface area contributed by atoms with Gasteiger partial charge in [0.2, 0.25) is 5.91 Å². The molecule has 1 fully saturated rings. The number of ether oxygens (including phenoxy) is 1. The maximum absolute atomic E-state index is 12.7. The van der Waals surface area contributed by atoms with Gasteiger partial charge in [-0.25, -0.2) is 0 Å². The van der Waals surface area contributed by atoms with Crippen molar-refractivity contribution in [2.75, 3.05) is 26.8 Å². The lowest BCUT2D eigenvalue weighted by Gasteiger charge is -2.41. The van der Waals surface area contributed by atoms with Crippen LogP contribution in [0, 0.1) is 5.41 Å². The first kappa shape index (κ1) is 21.0. The molecule has 0 atom stereocenters. The van der Waals surface area contributed by atoms with Crippen molar-refractivity contribution >= 4 is 5.91 Å². The lowest BCUT2D eigenvalue weighted by Crippen LogP contribution is -2.43. The summed E-state index contributed by atoms with van der Waals surface area (Å²) >= 11 is 0. The summed E-state index contributed by atoms with van der Waals surface area (Å²) in [6.07, 6.45) is 8.93. The van der Waals surface area contributed by atoms with Crippen molar-refractivity contribution in [2.45, 2.75) is 64.3 Å². The average molecular weight is 411 g/mol. The van der Waals surface area contributed by atoms with Crippen molar-refractivity contribution in [3.05, 3.63) is 47.5 Å². The Bertz CT molecular complexity index is 825. The van der Waals surface area contributed by atoms with Gasteiger partial charge in [-0.15, -0.1) is 10.2 Å². The highest BCUT2D eigenvalue weighted by Crippen LogP contribution is 2.41. The molecule has 0 aliphatic carbocycles. The Labute approximate surface area is 179 Å². The molecule has 1 aromatic carbocycles. The predicted octanol–water partition coefficient (Wildman–Crippen LogP) is 3.44. The minimum Gasteiger partial charge on any atom is -0.384 e. The van der Waals surface area contributed by atoms with E-state index in [1.807, 2.05) is 6.07 Å². The van der Waals surface area contributed by atoms with E-state index in [1.165, 1.54) is 5.56 Å². The molecule has 6 nitrogen and oxygen atoms in total. The normalized spacial score (nSPS) is 18.2. The van der Waals surface area contributed by atoms with Crippen LogP contribution in [0.3, 0.4) is 0 Å². The van der Waals surface area contributed by atoms with Crippen molar-refractivity contribution in [1.82, 2.24) is 19.7 Å². The van der Waals surface area contributed by atoms with Gasteiger partial charge in [-0.05, 0) is 49.5 Å². The summed E-state index contributed by atoms with van der Waals surface area (Å²) in [5.41, 5.74) is 1.67. The van der Waals surface area contributed by atoms with E-state index in [2.05, 4.69) is 43.9 Å². The highest BCUT2D eigenvalue weighted by Gasteiger charge is 2.37. The lowest BCUT2D eigenvalue weighted by molar-refractivity contribution is -0.133. The summed E-state index contributed by atoms with van der Waals surface area (Å²) in [4.78, 5) is 14.8. The number of hydrogen-bond donors (Lipinski definition) is 0. The first-order chi connectivity index (χ1) is 14.7. The molecule has 4 rings (SSSR count). The van der Waals surface area contributed by atoms with E-state index < -0.39 is 0 Å². The van der Waals surface area contributed by atoms with Crippen molar-refractivity contribution in [2.24, 2.45) is 5.41 Å². The zero-order valence-corrected chi connectivity index (χ0v) is 18.2. The number of carbonyl (C=O) groups is 1. The lowest BCUT2D eigenvalue weighted by atomic mass is 9.72. The van der Waals surface area contributed by atoms with Crippen LogP contribution >= 0.6 is 0 Å². The van der Waals surface area contributed by atoms with Gasteiger partial charge < -0.3 is 14.2 Å². The average Bonchev–Trinajstić information content (AvgIpc) is 3.09. The van der Waals surface area contributed by atoms with E-state index in [-0.39, 0.29) is 0 Å². The summed E-state index contributed by atoms with van der Waals surface area (Å²) in [7, 11) is 1.73. The van der Waals surface area contributed by atoms with E-state index >= 15 is 0 Å². The van der Waals surface area contributed by atoms with E-state index in [4.69, 9.17) is 4.74 Å². The number of carbonyl (C=O) groups excluding carboxylic acids is 1. The second kappa shape index (κ2) is 9.73. The highest BCUT2D eigenvalue weighted by molar-refractivity contribution is 5.76. The number of fused-ring (bicyclic) bond motifs is 1. The van der Waals surface area contributed by atoms with Gasteiger partial charge in [0.15, 0.2) is 0 Å². The molecule has 0 N–H and O–H groups in total. The van der Waals surface area contributed by atoms with Gasteiger partial charge in [0.25, 0.3) is 0 Å². The molecule has 0 saturated carbocycles. The first-order valence-corrected chi connectivity index (χ1v) is 11.4. The summed E-state index contributed by atoms with van der Waals surface area (Å²) in [6.45, 7) is 3.49. The quantitative estimate of drug-likeness (QED) is 0.702. The Morgan fingerprint density at radius 3 is 2.57 bits per heavy atom. The Morgan fingerprint density at radius 2 is 1.80 bits per heavy atom. The van der Waals surface area contributed by atoms with Crippen LogP contribution in [0.15, 0.2) is 30.3 Å². The van der Waals surface area contributed by atoms with Gasteiger partial charge in [-0.1, -0.05) is 30.3 Å². The van der Waals surface area contributed by atoms with Crippen LogP contribution in [0.4, 0.5) is 0 Å². The number of amides is 1. The number of rotatable bonds is 7. The number of piperidine rings is 1. The molecule has 1 aromatic heterocycles. The molecule has 1 amide bonds. The fraction of sp³-hybridized carbons (Fsp3) is 0.625. The van der Waals surface area contributed by atoms with E-state index in [9.17, 15) is 4.79 Å². The fourth-order valence-corrected chi connectivity index (χ4v) is 5.02. The largest absolute Gasteiger partial charge is 0.384 e. The fourth-order valence-electron chi connectivity index (χ4n) is 5.02. The minimum absolute atomic E-state index is 0.327. The number of nitrogens with zero attached hydrogens (tertiary/aromatic N) is 4. The Balaban J connectivity index is 1.25. The smallest absolute Gasteiger partial charge is 0.222 e. The van der Waals surface area contributed by atoms with Crippen LogP contribution in [0.2, 0.25) is 0 Å². The zero-order valence-electron chi connectivity index (χ0n) is 18.2. The molecular formula is C24H34N4O2. The Hall–Kier alpha value is -2.21. The summed E-state index contributed by atoms with van der Waals surface area (Å²) < 4.78 is 7.53. The number of methoxy groups -OCH3 is 1. The van der Waals surface area contributed by atoms with Crippen molar-refractivity contribution in [1.29, 1.82) is 0 Å². The second-order valence-electron chi connectivity index (χ2n) is 8.90. The zero-order chi connectivity index (χ0) is 20.8. The third-order valence-corrected chi connectivity index (χ3v) is 7.05. The van der Waals surface area contributed by atoms with Crippen molar-refractivity contribution < 1.29 is 9.53 Å². The third kappa shape index (κ3) is 4.91. The second-order valence-corrected chi connectivity index (χ2v) is 8.90. The van der Waals surface area contributed by atoms with Crippen LogP contribution in [0.1, 0.15) is 55.7 Å². The Kier molecular flexibility index (Phi) is 6.82. The highest BCUT2D eigenvalue weighted by atomic mass is 16.5. The number of aryl methyl sites for hydroxylation is 2. The third-order valence-electron chi connectivity index (χ3n) is 7.05. The van der Waals surface area contributed by atoms with Crippen molar-refractivity contribution in [3.63, 3.8) is 0 Å². The maximum Gasteiger partial charge on any atom is 0.222 e. The van der Waals surface area contributed by atoms with Crippen LogP contribution in [-0.4, -0.2) is 52.4 Å². The molecule has 0 radical (unpaired) electrons. The Morgan fingerprint density at radius 1 is 1.03 bits per heavy atom. The van der Waals surface area contributed by atoms with Crippen LogP contribution in [0.5, 0.6) is 0 Å². The van der Waals surface area contributed by atoms with Gasteiger partial charge in [0.05, 0.1) is 6.61 Å². The molecule has 2 aromatic rings. The molecule has 0 bridgehead atoms. The van der Waals surface area contributed by atoms with Gasteiger partial charge in [0.1, 0.15) is 11.6 Å². The van der Waals surface area contributed by atoms with E-state index in [1.54, 1.807) is 7.11 Å². The van der Waals surface area contributed by atoms with Crippen LogP contribution in [-0.2, 0) is 35.3 Å². The molecule has 30 heavy (non-hydrogen) atoms. The summed E-state index contributed by atoms with van der Waals surface area (Å²) in [5.74, 6) is 2.50. The molecule has 0 unspecified atom stereocenters. The first-order valence-electron chi connectivity index (χ1n) is 11.4. The molecule has 6 heteroatoms. The van der Waals surface area contributed by atoms with Crippen LogP contribution in [0.25, 0.3) is 0 Å². The monoisotopic (exact) mass is 410 g/mol. The van der Waals surface area contributed by atoms with E-state index in [0.717, 1.165) is 82.6 Å². The number of likely N-dealkylation sites (tertiary alicyclic amines) is 1. The number of hydrogen-bond acceptors (Lipinski definition) is 4. The molecule has 1 spiro atoms. The summed E-state index contributed by atoms with van der Waals surface area (Å²) in [5, 5.41) is 8.82. The van der Waals surface area contributed by atoms with Crippen LogP contribution < -0.4 is 0 Å². The minimum atomic E-state index is 0.327. The van der Waals surface area contributed by atoms with Gasteiger partial charge >= 0.3 is 0 Å². The molecule has 162 valence electrons. The maximum atomic E-state index is 12.7. The van der Waals surface area contributed by atoms with Crippen molar-refractivity contribution in [3.8, 4) is 0 Å². The molecule has 2 aliphatic heterocycles. The molecule has 1 saturated heterocycles. The molecule has 3 heterocycles.